The molecule has 1 fully saturated rings. The smallest absolute Gasteiger partial charge is 0.247 e. The number of carbonyl (C=O) groups excluding carboxylic acids is 2. The molecule has 2 aromatic heterocycles. The van der Waals surface area contributed by atoms with Gasteiger partial charge in [0.25, 0.3) is 0 Å². The zero-order valence-corrected chi connectivity index (χ0v) is 21.7. The summed E-state index contributed by atoms with van der Waals surface area (Å²) in [5.74, 6) is -0.115. The zero-order valence-electron chi connectivity index (χ0n) is 20.9. The number of thiophene rings is 1. The largest absolute Gasteiger partial charge is 0.351 e. The Morgan fingerprint density at radius 2 is 1.92 bits per heavy atom. The standard InChI is InChI=1S/C29H34N4O2S/c1-21-9-5-6-14-25(21)28(29(35)31-23-11-3-2-4-12-23)33(18-24-13-8-16-36-24)27(34)20-32-17-22-10-7-15-30-26(22)19-32/h5-10,13-16,23,28H,2-4,11-12,17-20H2,1H3,(H,31,35). The fourth-order valence-corrected chi connectivity index (χ4v) is 6.13. The van der Waals surface area contributed by atoms with Gasteiger partial charge in [-0.3, -0.25) is 19.5 Å². The van der Waals surface area contributed by atoms with Gasteiger partial charge in [0.1, 0.15) is 6.04 Å². The summed E-state index contributed by atoms with van der Waals surface area (Å²) in [7, 11) is 0. The van der Waals surface area contributed by atoms with E-state index in [9.17, 15) is 9.59 Å². The Morgan fingerprint density at radius 1 is 1.08 bits per heavy atom. The number of aryl methyl sites for hydroxylation is 1. The quantitative estimate of drug-likeness (QED) is 0.472. The Kier molecular flexibility index (Phi) is 7.78. The highest BCUT2D eigenvalue weighted by Crippen LogP contribution is 2.30. The SMILES string of the molecule is Cc1ccccc1C(C(=O)NC1CCCCC1)N(Cc1cccs1)C(=O)CN1Cc2cccnc2C1. The number of rotatable bonds is 8. The van der Waals surface area contributed by atoms with Crippen molar-refractivity contribution in [3.8, 4) is 0 Å². The number of pyridine rings is 1. The number of amides is 2. The van der Waals surface area contributed by atoms with Crippen LogP contribution in [0.4, 0.5) is 0 Å². The van der Waals surface area contributed by atoms with Crippen LogP contribution < -0.4 is 5.32 Å². The van der Waals surface area contributed by atoms with E-state index in [1.165, 1.54) is 12.0 Å². The van der Waals surface area contributed by atoms with Crippen molar-refractivity contribution >= 4 is 23.2 Å². The van der Waals surface area contributed by atoms with Crippen LogP contribution in [0.5, 0.6) is 0 Å². The van der Waals surface area contributed by atoms with Crippen molar-refractivity contribution in [2.24, 2.45) is 0 Å². The molecule has 1 N–H and O–H groups in total. The normalized spacial score (nSPS) is 16.9. The minimum Gasteiger partial charge on any atom is -0.351 e. The average Bonchev–Trinajstić information content (AvgIpc) is 3.54. The van der Waals surface area contributed by atoms with Gasteiger partial charge in [0.2, 0.25) is 11.8 Å². The van der Waals surface area contributed by atoms with Crippen LogP contribution in [-0.2, 0) is 29.2 Å². The third kappa shape index (κ3) is 5.68. The van der Waals surface area contributed by atoms with Gasteiger partial charge in [-0.15, -0.1) is 11.3 Å². The number of nitrogens with one attached hydrogen (secondary N) is 1. The summed E-state index contributed by atoms with van der Waals surface area (Å²) in [5, 5.41) is 5.33. The lowest BCUT2D eigenvalue weighted by Crippen LogP contribution is -2.48. The second-order valence-electron chi connectivity index (χ2n) is 9.96. The minimum absolute atomic E-state index is 0.0387. The summed E-state index contributed by atoms with van der Waals surface area (Å²) >= 11 is 1.62. The van der Waals surface area contributed by atoms with E-state index in [0.717, 1.165) is 47.4 Å². The second kappa shape index (κ2) is 11.4. The number of hydrogen-bond donors (Lipinski definition) is 1. The van der Waals surface area contributed by atoms with Crippen molar-refractivity contribution in [3.63, 3.8) is 0 Å². The zero-order chi connectivity index (χ0) is 24.9. The maximum atomic E-state index is 14.0. The minimum atomic E-state index is -0.675. The van der Waals surface area contributed by atoms with E-state index >= 15 is 0 Å². The molecule has 2 aliphatic rings. The Hall–Kier alpha value is -3.03. The van der Waals surface area contributed by atoms with Crippen LogP contribution in [0.15, 0.2) is 60.1 Å². The van der Waals surface area contributed by atoms with Gasteiger partial charge >= 0.3 is 0 Å². The number of aromatic nitrogens is 1. The van der Waals surface area contributed by atoms with Crippen LogP contribution >= 0.6 is 11.3 Å². The molecule has 1 aliphatic heterocycles. The summed E-state index contributed by atoms with van der Waals surface area (Å²) in [4.78, 5) is 37.4. The van der Waals surface area contributed by atoms with Crippen LogP contribution in [0, 0.1) is 6.92 Å². The first-order chi connectivity index (χ1) is 17.6. The molecule has 7 heteroatoms. The maximum absolute atomic E-state index is 14.0. The van der Waals surface area contributed by atoms with Gasteiger partial charge in [-0.05, 0) is 54.0 Å². The van der Waals surface area contributed by atoms with Crippen molar-refractivity contribution in [3.05, 3.63) is 87.4 Å². The van der Waals surface area contributed by atoms with Gasteiger partial charge in [0.05, 0.1) is 18.8 Å². The lowest BCUT2D eigenvalue weighted by atomic mass is 9.94. The summed E-state index contributed by atoms with van der Waals surface area (Å²) in [6.45, 7) is 4.03. The molecule has 1 aliphatic carbocycles. The number of benzene rings is 1. The molecule has 36 heavy (non-hydrogen) atoms. The molecule has 2 amide bonds. The molecule has 0 spiro atoms. The Balaban J connectivity index is 1.44. The van der Waals surface area contributed by atoms with Crippen LogP contribution in [-0.4, -0.2) is 39.2 Å². The molecular weight excluding hydrogens is 468 g/mol. The monoisotopic (exact) mass is 502 g/mol. The number of fused-ring (bicyclic) bond motifs is 1. The first kappa shape index (κ1) is 24.7. The Morgan fingerprint density at radius 3 is 2.67 bits per heavy atom. The summed E-state index contributed by atoms with van der Waals surface area (Å²) < 4.78 is 0. The highest BCUT2D eigenvalue weighted by atomic mass is 32.1. The Labute approximate surface area is 217 Å². The fraction of sp³-hybridized carbons (Fsp3) is 0.414. The van der Waals surface area contributed by atoms with Gasteiger partial charge in [0, 0.05) is 30.2 Å². The van der Waals surface area contributed by atoms with Crippen molar-refractivity contribution < 1.29 is 9.59 Å². The van der Waals surface area contributed by atoms with Crippen molar-refractivity contribution in [1.82, 2.24) is 20.1 Å². The highest BCUT2D eigenvalue weighted by Gasteiger charge is 2.35. The predicted molar refractivity (Wildman–Crippen MR) is 142 cm³/mol. The van der Waals surface area contributed by atoms with Gasteiger partial charge in [-0.1, -0.05) is 55.7 Å². The van der Waals surface area contributed by atoms with E-state index < -0.39 is 6.04 Å². The molecule has 0 radical (unpaired) electrons. The molecule has 1 atom stereocenters. The van der Waals surface area contributed by atoms with Crippen LogP contribution in [0.1, 0.15) is 65.4 Å². The fourth-order valence-electron chi connectivity index (χ4n) is 5.43. The number of nitrogens with zero attached hydrogens (tertiary/aromatic N) is 3. The van der Waals surface area contributed by atoms with E-state index in [0.29, 0.717) is 19.6 Å². The maximum Gasteiger partial charge on any atom is 0.247 e. The van der Waals surface area contributed by atoms with Gasteiger partial charge in [-0.25, -0.2) is 0 Å². The molecule has 6 nitrogen and oxygen atoms in total. The van der Waals surface area contributed by atoms with E-state index in [1.807, 2.05) is 54.8 Å². The molecule has 3 aromatic rings. The van der Waals surface area contributed by atoms with E-state index in [-0.39, 0.29) is 24.4 Å². The van der Waals surface area contributed by atoms with E-state index in [1.54, 1.807) is 22.4 Å². The number of carbonyl (C=O) groups is 2. The molecule has 3 heterocycles. The third-order valence-corrected chi connectivity index (χ3v) is 8.19. The predicted octanol–water partition coefficient (Wildman–Crippen LogP) is 4.99. The van der Waals surface area contributed by atoms with Crippen molar-refractivity contribution in [2.75, 3.05) is 6.54 Å². The molecule has 1 saturated carbocycles. The first-order valence-electron chi connectivity index (χ1n) is 12.9. The summed E-state index contributed by atoms with van der Waals surface area (Å²) in [5.41, 5.74) is 4.10. The Bertz CT molecular complexity index is 1160. The molecule has 0 saturated heterocycles. The van der Waals surface area contributed by atoms with Crippen LogP contribution in [0.25, 0.3) is 0 Å². The summed E-state index contributed by atoms with van der Waals surface area (Å²) in [6.07, 6.45) is 7.32. The van der Waals surface area contributed by atoms with Gasteiger partial charge < -0.3 is 10.2 Å². The first-order valence-corrected chi connectivity index (χ1v) is 13.8. The number of hydrogen-bond acceptors (Lipinski definition) is 5. The van der Waals surface area contributed by atoms with Gasteiger partial charge in [0.15, 0.2) is 0 Å². The molecule has 1 unspecified atom stereocenters. The van der Waals surface area contributed by atoms with Gasteiger partial charge in [-0.2, -0.15) is 0 Å². The molecule has 1 aromatic carbocycles. The molecule has 0 bridgehead atoms. The molecule has 188 valence electrons. The summed E-state index contributed by atoms with van der Waals surface area (Å²) in [6, 6.07) is 15.5. The third-order valence-electron chi connectivity index (χ3n) is 7.33. The lowest BCUT2D eigenvalue weighted by molar-refractivity contribution is -0.143. The van der Waals surface area contributed by atoms with Crippen molar-refractivity contribution in [1.29, 1.82) is 0 Å². The highest BCUT2D eigenvalue weighted by molar-refractivity contribution is 7.09. The topological polar surface area (TPSA) is 65.5 Å². The molecular formula is C29H34N4O2S. The van der Waals surface area contributed by atoms with Crippen LogP contribution in [0.2, 0.25) is 0 Å². The molecule has 5 rings (SSSR count). The van der Waals surface area contributed by atoms with Crippen molar-refractivity contribution in [2.45, 2.75) is 70.7 Å². The van der Waals surface area contributed by atoms with E-state index in [4.69, 9.17) is 0 Å². The lowest BCUT2D eigenvalue weighted by Gasteiger charge is -2.34. The average molecular weight is 503 g/mol. The van der Waals surface area contributed by atoms with E-state index in [2.05, 4.69) is 21.3 Å². The van der Waals surface area contributed by atoms with Crippen LogP contribution in [0.3, 0.4) is 0 Å². The second-order valence-corrected chi connectivity index (χ2v) is 11.0.